The average Bonchev–Trinajstić information content (AvgIpc) is 2.27. The summed E-state index contributed by atoms with van der Waals surface area (Å²) in [4.78, 5) is 11.0. The third-order valence-corrected chi connectivity index (χ3v) is 3.92. The molecule has 0 aliphatic heterocycles. The standard InChI is InChI=1S/C13H16BrNO3/c1-18-13(3-2-4-13)8-15-11-6-9(12(16)17)5-10(14)7-11/h5-7,15H,2-4,8H2,1H3,(H,16,17). The number of carbonyl (C=O) groups is 1. The van der Waals surface area contributed by atoms with Gasteiger partial charge in [-0.2, -0.15) is 0 Å². The Morgan fingerprint density at radius 2 is 2.22 bits per heavy atom. The highest BCUT2D eigenvalue weighted by Gasteiger charge is 2.36. The minimum Gasteiger partial charge on any atom is -0.478 e. The van der Waals surface area contributed by atoms with E-state index < -0.39 is 5.97 Å². The Hall–Kier alpha value is -1.07. The van der Waals surface area contributed by atoms with E-state index in [2.05, 4.69) is 21.2 Å². The maximum Gasteiger partial charge on any atom is 0.335 e. The summed E-state index contributed by atoms with van der Waals surface area (Å²) in [5, 5.41) is 12.2. The predicted octanol–water partition coefficient (Wildman–Crippen LogP) is 3.13. The van der Waals surface area contributed by atoms with Crippen molar-refractivity contribution in [3.63, 3.8) is 0 Å². The lowest BCUT2D eigenvalue weighted by molar-refractivity contribution is -0.0601. The molecule has 0 saturated heterocycles. The number of methoxy groups -OCH3 is 1. The highest BCUT2D eigenvalue weighted by molar-refractivity contribution is 9.10. The average molecular weight is 314 g/mol. The van der Waals surface area contributed by atoms with Crippen molar-refractivity contribution in [2.24, 2.45) is 0 Å². The number of carboxylic acid groups (broad SMARTS) is 1. The van der Waals surface area contributed by atoms with E-state index in [4.69, 9.17) is 9.84 Å². The molecule has 0 atom stereocenters. The van der Waals surface area contributed by atoms with Crippen molar-refractivity contribution >= 4 is 27.6 Å². The van der Waals surface area contributed by atoms with Crippen molar-refractivity contribution in [1.82, 2.24) is 0 Å². The summed E-state index contributed by atoms with van der Waals surface area (Å²) < 4.78 is 6.27. The molecular weight excluding hydrogens is 298 g/mol. The quantitative estimate of drug-likeness (QED) is 0.877. The van der Waals surface area contributed by atoms with Gasteiger partial charge in [0.05, 0.1) is 11.2 Å². The zero-order valence-electron chi connectivity index (χ0n) is 10.2. The molecule has 1 fully saturated rings. The van der Waals surface area contributed by atoms with Gasteiger partial charge in [-0.15, -0.1) is 0 Å². The lowest BCUT2D eigenvalue weighted by Crippen LogP contribution is -2.45. The molecule has 0 aromatic heterocycles. The minimum absolute atomic E-state index is 0.0777. The molecular formula is C13H16BrNO3. The Morgan fingerprint density at radius 3 is 2.72 bits per heavy atom. The van der Waals surface area contributed by atoms with Crippen LogP contribution < -0.4 is 5.32 Å². The fraction of sp³-hybridized carbons (Fsp3) is 0.462. The van der Waals surface area contributed by atoms with Crippen LogP contribution in [0.5, 0.6) is 0 Å². The monoisotopic (exact) mass is 313 g/mol. The molecule has 1 saturated carbocycles. The van der Waals surface area contributed by atoms with E-state index in [-0.39, 0.29) is 11.2 Å². The molecule has 1 aliphatic carbocycles. The third-order valence-electron chi connectivity index (χ3n) is 3.46. The zero-order valence-corrected chi connectivity index (χ0v) is 11.8. The van der Waals surface area contributed by atoms with E-state index in [1.807, 2.05) is 6.07 Å². The molecule has 18 heavy (non-hydrogen) atoms. The molecule has 2 rings (SSSR count). The van der Waals surface area contributed by atoms with Crippen LogP contribution in [0.4, 0.5) is 5.69 Å². The predicted molar refractivity (Wildman–Crippen MR) is 73.2 cm³/mol. The normalized spacial score (nSPS) is 17.0. The molecule has 0 heterocycles. The topological polar surface area (TPSA) is 58.6 Å². The van der Waals surface area contributed by atoms with Crippen molar-refractivity contribution in [3.8, 4) is 0 Å². The fourth-order valence-electron chi connectivity index (χ4n) is 2.10. The second-order valence-corrected chi connectivity index (χ2v) is 5.54. The van der Waals surface area contributed by atoms with Crippen LogP contribution in [0.25, 0.3) is 0 Å². The molecule has 0 bridgehead atoms. The second-order valence-electron chi connectivity index (χ2n) is 4.63. The maximum absolute atomic E-state index is 11.0. The van der Waals surface area contributed by atoms with Crippen LogP contribution >= 0.6 is 15.9 Å². The van der Waals surface area contributed by atoms with Crippen molar-refractivity contribution in [2.45, 2.75) is 24.9 Å². The van der Waals surface area contributed by atoms with E-state index in [9.17, 15) is 4.79 Å². The number of nitrogens with one attached hydrogen (secondary N) is 1. The number of aromatic carboxylic acids is 1. The van der Waals surface area contributed by atoms with Gasteiger partial charge in [-0.05, 0) is 37.5 Å². The molecule has 1 aromatic rings. The summed E-state index contributed by atoms with van der Waals surface area (Å²) in [6.45, 7) is 0.707. The van der Waals surface area contributed by atoms with Gasteiger partial charge in [-0.1, -0.05) is 15.9 Å². The Bertz CT molecular complexity index is 452. The number of hydrogen-bond donors (Lipinski definition) is 2. The number of ether oxygens (including phenoxy) is 1. The summed E-state index contributed by atoms with van der Waals surface area (Å²) in [5.74, 6) is -0.926. The molecule has 0 amide bonds. The minimum atomic E-state index is -0.926. The van der Waals surface area contributed by atoms with Crippen LogP contribution in [0.3, 0.4) is 0 Å². The van der Waals surface area contributed by atoms with Crippen molar-refractivity contribution < 1.29 is 14.6 Å². The third kappa shape index (κ3) is 2.84. The molecule has 0 unspecified atom stereocenters. The van der Waals surface area contributed by atoms with Crippen molar-refractivity contribution in [2.75, 3.05) is 19.0 Å². The fourth-order valence-corrected chi connectivity index (χ4v) is 2.60. The van der Waals surface area contributed by atoms with E-state index in [1.165, 1.54) is 6.42 Å². The number of hydrogen-bond acceptors (Lipinski definition) is 3. The Morgan fingerprint density at radius 1 is 1.50 bits per heavy atom. The van der Waals surface area contributed by atoms with Gasteiger partial charge in [0.25, 0.3) is 0 Å². The highest BCUT2D eigenvalue weighted by atomic mass is 79.9. The molecule has 0 radical (unpaired) electrons. The van der Waals surface area contributed by atoms with Crippen LogP contribution in [0.2, 0.25) is 0 Å². The van der Waals surface area contributed by atoms with Crippen LogP contribution in [-0.2, 0) is 4.74 Å². The van der Waals surface area contributed by atoms with Gasteiger partial charge in [0.1, 0.15) is 0 Å². The lowest BCUT2D eigenvalue weighted by Gasteiger charge is -2.40. The molecule has 1 aliphatic rings. The first kappa shape index (κ1) is 13.4. The summed E-state index contributed by atoms with van der Waals surface area (Å²) in [7, 11) is 1.73. The summed E-state index contributed by atoms with van der Waals surface area (Å²) in [5.41, 5.74) is 0.989. The van der Waals surface area contributed by atoms with E-state index >= 15 is 0 Å². The molecule has 98 valence electrons. The first-order valence-corrected chi connectivity index (χ1v) is 6.67. The van der Waals surface area contributed by atoms with E-state index in [0.29, 0.717) is 6.54 Å². The number of benzene rings is 1. The highest BCUT2D eigenvalue weighted by Crippen LogP contribution is 2.35. The number of rotatable bonds is 5. The molecule has 1 aromatic carbocycles. The SMILES string of the molecule is COC1(CNc2cc(Br)cc(C(=O)O)c2)CCC1. The maximum atomic E-state index is 11.0. The zero-order chi connectivity index (χ0) is 13.2. The lowest BCUT2D eigenvalue weighted by atomic mass is 9.80. The molecule has 4 nitrogen and oxygen atoms in total. The van der Waals surface area contributed by atoms with E-state index in [1.54, 1.807) is 19.2 Å². The van der Waals surface area contributed by atoms with Crippen LogP contribution in [0.15, 0.2) is 22.7 Å². The molecule has 5 heteroatoms. The van der Waals surface area contributed by atoms with Crippen molar-refractivity contribution in [3.05, 3.63) is 28.2 Å². The second kappa shape index (κ2) is 5.28. The van der Waals surface area contributed by atoms with Gasteiger partial charge in [0, 0.05) is 23.8 Å². The van der Waals surface area contributed by atoms with Gasteiger partial charge in [-0.25, -0.2) is 4.79 Å². The Balaban J connectivity index is 2.07. The van der Waals surface area contributed by atoms with E-state index in [0.717, 1.165) is 23.0 Å². The van der Waals surface area contributed by atoms with Crippen LogP contribution in [0, 0.1) is 0 Å². The summed E-state index contributed by atoms with van der Waals surface area (Å²) >= 11 is 3.32. The number of carboxylic acids is 1. The first-order valence-electron chi connectivity index (χ1n) is 5.88. The van der Waals surface area contributed by atoms with Gasteiger partial charge in [0.15, 0.2) is 0 Å². The van der Waals surface area contributed by atoms with Gasteiger partial charge < -0.3 is 15.2 Å². The van der Waals surface area contributed by atoms with Gasteiger partial charge >= 0.3 is 5.97 Å². The van der Waals surface area contributed by atoms with Gasteiger partial charge in [0.2, 0.25) is 0 Å². The van der Waals surface area contributed by atoms with Gasteiger partial charge in [-0.3, -0.25) is 0 Å². The van der Waals surface area contributed by atoms with Crippen molar-refractivity contribution in [1.29, 1.82) is 0 Å². The molecule has 0 spiro atoms. The van der Waals surface area contributed by atoms with Crippen LogP contribution in [0.1, 0.15) is 29.6 Å². The number of anilines is 1. The molecule has 2 N–H and O–H groups in total. The summed E-state index contributed by atoms with van der Waals surface area (Å²) in [6.07, 6.45) is 3.29. The van der Waals surface area contributed by atoms with Crippen LogP contribution in [-0.4, -0.2) is 30.3 Å². The summed E-state index contributed by atoms with van der Waals surface area (Å²) in [6, 6.07) is 5.09. The smallest absolute Gasteiger partial charge is 0.335 e. The first-order chi connectivity index (χ1) is 8.54. The largest absolute Gasteiger partial charge is 0.478 e. The number of halogens is 1. The Kier molecular flexibility index (Phi) is 3.92. The Labute approximate surface area is 114 Å².